The summed E-state index contributed by atoms with van der Waals surface area (Å²) in [6.07, 6.45) is 0.810. The minimum atomic E-state index is -0.805. The number of aryl methyl sites for hydroxylation is 2. The SMILES string of the molecule is CCc1ccc(C(=O)C(C)OC(=O)CCc2ccc(C#N)cc2)cc1. The van der Waals surface area contributed by atoms with Gasteiger partial charge in [-0.25, -0.2) is 0 Å². The molecule has 0 saturated heterocycles. The van der Waals surface area contributed by atoms with Crippen molar-refractivity contribution < 1.29 is 14.3 Å². The van der Waals surface area contributed by atoms with Gasteiger partial charge in [0.05, 0.1) is 11.6 Å². The molecule has 0 saturated carbocycles. The molecule has 0 aliphatic heterocycles. The molecule has 0 heterocycles. The van der Waals surface area contributed by atoms with Crippen molar-refractivity contribution in [3.63, 3.8) is 0 Å². The largest absolute Gasteiger partial charge is 0.454 e. The molecule has 0 fully saturated rings. The second-order valence-corrected chi connectivity index (χ2v) is 5.86. The van der Waals surface area contributed by atoms with Crippen molar-refractivity contribution in [2.24, 2.45) is 0 Å². The number of esters is 1. The molecular weight excluding hydrogens is 314 g/mol. The van der Waals surface area contributed by atoms with Crippen LogP contribution < -0.4 is 0 Å². The van der Waals surface area contributed by atoms with Crippen LogP contribution in [0.25, 0.3) is 0 Å². The monoisotopic (exact) mass is 335 g/mol. The van der Waals surface area contributed by atoms with Gasteiger partial charge in [-0.05, 0) is 43.0 Å². The van der Waals surface area contributed by atoms with E-state index in [0.29, 0.717) is 17.5 Å². The third kappa shape index (κ3) is 5.29. The van der Waals surface area contributed by atoms with Gasteiger partial charge < -0.3 is 4.74 Å². The van der Waals surface area contributed by atoms with Gasteiger partial charge in [0.25, 0.3) is 0 Å². The minimum absolute atomic E-state index is 0.193. The molecule has 4 nitrogen and oxygen atoms in total. The number of hydrogen-bond acceptors (Lipinski definition) is 4. The minimum Gasteiger partial charge on any atom is -0.454 e. The molecule has 1 atom stereocenters. The van der Waals surface area contributed by atoms with E-state index in [0.717, 1.165) is 17.5 Å². The van der Waals surface area contributed by atoms with Crippen molar-refractivity contribution in [2.75, 3.05) is 0 Å². The summed E-state index contributed by atoms with van der Waals surface area (Å²) in [4.78, 5) is 24.3. The number of hydrogen-bond donors (Lipinski definition) is 0. The highest BCUT2D eigenvalue weighted by atomic mass is 16.5. The number of Topliss-reactive ketones (excluding diaryl/α,β-unsaturated/α-hetero) is 1. The number of ether oxygens (including phenoxy) is 1. The van der Waals surface area contributed by atoms with Gasteiger partial charge in [-0.2, -0.15) is 5.26 Å². The number of carbonyl (C=O) groups is 2. The van der Waals surface area contributed by atoms with E-state index in [9.17, 15) is 9.59 Å². The molecule has 128 valence electrons. The van der Waals surface area contributed by atoms with Crippen molar-refractivity contribution in [2.45, 2.75) is 39.2 Å². The van der Waals surface area contributed by atoms with Crippen LogP contribution in [0.15, 0.2) is 48.5 Å². The number of nitriles is 1. The third-order valence-corrected chi connectivity index (χ3v) is 4.02. The number of rotatable bonds is 7. The Morgan fingerprint density at radius 1 is 1.04 bits per heavy atom. The van der Waals surface area contributed by atoms with Crippen LogP contribution in [0.4, 0.5) is 0 Å². The molecule has 0 bridgehead atoms. The van der Waals surface area contributed by atoms with Gasteiger partial charge in [0.1, 0.15) is 0 Å². The molecule has 0 amide bonds. The summed E-state index contributed by atoms with van der Waals surface area (Å²) in [6.45, 7) is 3.64. The van der Waals surface area contributed by atoms with Crippen molar-refractivity contribution in [1.29, 1.82) is 5.26 Å². The second kappa shape index (κ2) is 8.79. The summed E-state index contributed by atoms with van der Waals surface area (Å²) >= 11 is 0. The van der Waals surface area contributed by atoms with Gasteiger partial charge in [0.15, 0.2) is 6.10 Å². The van der Waals surface area contributed by atoms with Gasteiger partial charge in [-0.15, -0.1) is 0 Å². The first-order valence-corrected chi connectivity index (χ1v) is 8.35. The van der Waals surface area contributed by atoms with Crippen LogP contribution in [0.3, 0.4) is 0 Å². The lowest BCUT2D eigenvalue weighted by Gasteiger charge is -2.12. The van der Waals surface area contributed by atoms with Crippen LogP contribution in [-0.2, 0) is 22.4 Å². The summed E-state index contributed by atoms with van der Waals surface area (Å²) in [5, 5.41) is 8.76. The van der Waals surface area contributed by atoms with Gasteiger partial charge in [0.2, 0.25) is 5.78 Å². The molecule has 0 aliphatic carbocycles. The zero-order valence-electron chi connectivity index (χ0n) is 14.5. The quantitative estimate of drug-likeness (QED) is 0.569. The molecule has 0 spiro atoms. The van der Waals surface area contributed by atoms with Crippen LogP contribution in [0.2, 0.25) is 0 Å². The maximum absolute atomic E-state index is 12.3. The Labute approximate surface area is 148 Å². The number of benzene rings is 2. The maximum Gasteiger partial charge on any atom is 0.306 e. The van der Waals surface area contributed by atoms with E-state index in [1.807, 2.05) is 24.3 Å². The van der Waals surface area contributed by atoms with Crippen LogP contribution >= 0.6 is 0 Å². The van der Waals surface area contributed by atoms with Crippen LogP contribution in [0.5, 0.6) is 0 Å². The Kier molecular flexibility index (Phi) is 6.47. The zero-order valence-corrected chi connectivity index (χ0v) is 14.5. The Morgan fingerprint density at radius 2 is 1.64 bits per heavy atom. The molecule has 0 aliphatic rings. The van der Waals surface area contributed by atoms with Gasteiger partial charge in [-0.3, -0.25) is 9.59 Å². The van der Waals surface area contributed by atoms with E-state index < -0.39 is 12.1 Å². The molecule has 2 aromatic carbocycles. The summed E-state index contributed by atoms with van der Waals surface area (Å²) in [6, 6.07) is 16.5. The third-order valence-electron chi connectivity index (χ3n) is 4.02. The first-order chi connectivity index (χ1) is 12.0. The Balaban J connectivity index is 1.85. The van der Waals surface area contributed by atoms with Gasteiger partial charge in [0, 0.05) is 12.0 Å². The number of ketones is 1. The normalized spacial score (nSPS) is 11.4. The molecule has 1 unspecified atom stereocenters. The number of carbonyl (C=O) groups excluding carboxylic acids is 2. The Hall–Kier alpha value is -2.93. The van der Waals surface area contributed by atoms with Crippen molar-refractivity contribution in [1.82, 2.24) is 0 Å². The van der Waals surface area contributed by atoms with Crippen LogP contribution in [-0.4, -0.2) is 17.9 Å². The van der Waals surface area contributed by atoms with Crippen LogP contribution in [0, 0.1) is 11.3 Å². The molecule has 0 N–H and O–H groups in total. The highest BCUT2D eigenvalue weighted by Gasteiger charge is 2.19. The first-order valence-electron chi connectivity index (χ1n) is 8.35. The van der Waals surface area contributed by atoms with E-state index in [2.05, 4.69) is 13.0 Å². The van der Waals surface area contributed by atoms with Crippen molar-refractivity contribution >= 4 is 11.8 Å². The predicted molar refractivity (Wildman–Crippen MR) is 95.2 cm³/mol. The van der Waals surface area contributed by atoms with E-state index in [-0.39, 0.29) is 12.2 Å². The summed E-state index contributed by atoms with van der Waals surface area (Å²) in [5.41, 5.74) is 3.23. The fourth-order valence-corrected chi connectivity index (χ4v) is 2.44. The topological polar surface area (TPSA) is 67.2 Å². The fourth-order valence-electron chi connectivity index (χ4n) is 2.44. The lowest BCUT2D eigenvalue weighted by molar-refractivity contribution is -0.146. The van der Waals surface area contributed by atoms with E-state index >= 15 is 0 Å². The predicted octanol–water partition coefficient (Wildman–Crippen LogP) is 3.87. The smallest absolute Gasteiger partial charge is 0.306 e. The Bertz CT molecular complexity index is 770. The fraction of sp³-hybridized carbons (Fsp3) is 0.286. The summed E-state index contributed by atoms with van der Waals surface area (Å²) in [7, 11) is 0. The van der Waals surface area contributed by atoms with Crippen molar-refractivity contribution in [3.8, 4) is 6.07 Å². The molecule has 0 aromatic heterocycles. The molecule has 4 heteroatoms. The molecular formula is C21H21NO3. The first kappa shape index (κ1) is 18.4. The second-order valence-electron chi connectivity index (χ2n) is 5.86. The molecule has 2 rings (SSSR count). The maximum atomic E-state index is 12.3. The van der Waals surface area contributed by atoms with Gasteiger partial charge in [-0.1, -0.05) is 43.3 Å². The average Bonchev–Trinajstić information content (AvgIpc) is 2.66. The zero-order chi connectivity index (χ0) is 18.2. The Morgan fingerprint density at radius 3 is 2.20 bits per heavy atom. The summed E-state index contributed by atoms with van der Waals surface area (Å²) in [5.74, 6) is -0.607. The van der Waals surface area contributed by atoms with Crippen molar-refractivity contribution in [3.05, 3.63) is 70.8 Å². The molecule has 25 heavy (non-hydrogen) atoms. The van der Waals surface area contributed by atoms with Gasteiger partial charge >= 0.3 is 5.97 Å². The van der Waals surface area contributed by atoms with E-state index in [1.165, 1.54) is 0 Å². The highest BCUT2D eigenvalue weighted by molar-refractivity contribution is 6.00. The lowest BCUT2D eigenvalue weighted by Crippen LogP contribution is -2.24. The molecule has 2 aromatic rings. The standard InChI is InChI=1S/C21H21NO3/c1-3-16-8-11-19(12-9-16)21(24)15(2)25-20(23)13-10-17-4-6-18(14-22)7-5-17/h4-9,11-12,15H,3,10,13H2,1-2H3. The number of nitrogens with zero attached hydrogens (tertiary/aromatic N) is 1. The lowest BCUT2D eigenvalue weighted by atomic mass is 10.0. The highest BCUT2D eigenvalue weighted by Crippen LogP contribution is 2.11. The van der Waals surface area contributed by atoms with E-state index in [1.54, 1.807) is 31.2 Å². The van der Waals surface area contributed by atoms with E-state index in [4.69, 9.17) is 10.00 Å². The summed E-state index contributed by atoms with van der Waals surface area (Å²) < 4.78 is 5.25. The average molecular weight is 335 g/mol. The van der Waals surface area contributed by atoms with Crippen LogP contribution in [0.1, 0.15) is 47.3 Å². The molecule has 0 radical (unpaired) electrons.